The molecule has 0 aliphatic heterocycles. The molecule has 0 heterocycles. The summed E-state index contributed by atoms with van der Waals surface area (Å²) >= 11 is 0. The molecule has 0 bridgehead atoms. The van der Waals surface area contributed by atoms with Gasteiger partial charge >= 0.3 is 0 Å². The number of allylic oxidation sites excluding steroid dienone is 4. The molecule has 152 valence electrons. The first-order valence-electron chi connectivity index (χ1n) is 11.1. The number of amides is 1. The smallest absolute Gasteiger partial charge is 0.219 e. The molecule has 0 aliphatic carbocycles. The van der Waals surface area contributed by atoms with Crippen molar-refractivity contribution >= 4 is 5.91 Å². The summed E-state index contributed by atoms with van der Waals surface area (Å²) < 4.78 is 0. The number of unbranched alkanes of at least 4 members (excludes halogenated alkanes) is 8. The highest BCUT2D eigenvalue weighted by atomic mass is 16.1. The molecule has 0 unspecified atom stereocenters. The lowest BCUT2D eigenvalue weighted by atomic mass is 10.1. The fourth-order valence-electron chi connectivity index (χ4n) is 2.80. The van der Waals surface area contributed by atoms with Crippen LogP contribution in [0.1, 0.15) is 97.3 Å². The number of nitrogens with one attached hydrogen (secondary N) is 2. The van der Waals surface area contributed by atoms with Gasteiger partial charge in [0, 0.05) is 13.0 Å². The van der Waals surface area contributed by atoms with Crippen molar-refractivity contribution in [1.82, 2.24) is 10.6 Å². The van der Waals surface area contributed by atoms with Gasteiger partial charge < -0.3 is 10.6 Å². The molecule has 0 spiro atoms. The standard InChI is InChI=1S/C23H44N2O/c1-3-5-6-7-8-9-10-11-12-13-14-15-16-17-18-20-23(26)25-22-19-21-24-4-2/h8-9,11-12,24H,3-7,10,13-22H2,1-2H3,(H,25,26)/b9-8-,12-11-. The van der Waals surface area contributed by atoms with Crippen LogP contribution in [0.5, 0.6) is 0 Å². The summed E-state index contributed by atoms with van der Waals surface area (Å²) in [6.07, 6.45) is 24.4. The van der Waals surface area contributed by atoms with E-state index in [1.54, 1.807) is 0 Å². The maximum atomic E-state index is 11.7. The third kappa shape index (κ3) is 21.0. The Morgan fingerprint density at radius 2 is 1.38 bits per heavy atom. The molecule has 3 nitrogen and oxygen atoms in total. The Morgan fingerprint density at radius 1 is 0.731 bits per heavy atom. The van der Waals surface area contributed by atoms with Crippen LogP contribution in [-0.4, -0.2) is 25.5 Å². The molecule has 0 saturated heterocycles. The number of carbonyl (C=O) groups is 1. The molecule has 0 aromatic heterocycles. The maximum Gasteiger partial charge on any atom is 0.219 e. The van der Waals surface area contributed by atoms with Crippen molar-refractivity contribution in [2.75, 3.05) is 19.6 Å². The molecule has 3 heteroatoms. The number of hydrogen-bond acceptors (Lipinski definition) is 2. The van der Waals surface area contributed by atoms with E-state index in [1.807, 2.05) is 0 Å². The van der Waals surface area contributed by atoms with E-state index in [-0.39, 0.29) is 5.91 Å². The van der Waals surface area contributed by atoms with Gasteiger partial charge in [-0.3, -0.25) is 4.79 Å². The first kappa shape index (κ1) is 24.9. The quantitative estimate of drug-likeness (QED) is 0.221. The highest BCUT2D eigenvalue weighted by molar-refractivity contribution is 5.75. The van der Waals surface area contributed by atoms with E-state index in [0.29, 0.717) is 6.42 Å². The molecule has 2 N–H and O–H groups in total. The maximum absolute atomic E-state index is 11.7. The molecule has 0 radical (unpaired) electrons. The van der Waals surface area contributed by atoms with E-state index in [0.717, 1.165) is 38.9 Å². The fourth-order valence-corrected chi connectivity index (χ4v) is 2.80. The van der Waals surface area contributed by atoms with Gasteiger partial charge in [-0.15, -0.1) is 0 Å². The second-order valence-corrected chi connectivity index (χ2v) is 7.04. The van der Waals surface area contributed by atoms with Crippen LogP contribution >= 0.6 is 0 Å². The van der Waals surface area contributed by atoms with Crippen LogP contribution in [0.3, 0.4) is 0 Å². The molecule has 0 atom stereocenters. The minimum atomic E-state index is 0.215. The van der Waals surface area contributed by atoms with Crippen LogP contribution in [0, 0.1) is 0 Å². The van der Waals surface area contributed by atoms with Crippen molar-refractivity contribution in [2.24, 2.45) is 0 Å². The van der Waals surface area contributed by atoms with Crippen molar-refractivity contribution in [1.29, 1.82) is 0 Å². The largest absolute Gasteiger partial charge is 0.356 e. The lowest BCUT2D eigenvalue weighted by molar-refractivity contribution is -0.121. The first-order chi connectivity index (χ1) is 12.8. The molecule has 0 aliphatic rings. The molecule has 0 rings (SSSR count). The predicted molar refractivity (Wildman–Crippen MR) is 116 cm³/mol. The van der Waals surface area contributed by atoms with Gasteiger partial charge in [-0.05, 0) is 58.0 Å². The zero-order valence-electron chi connectivity index (χ0n) is 17.5. The molecular weight excluding hydrogens is 320 g/mol. The summed E-state index contributed by atoms with van der Waals surface area (Å²) in [6, 6.07) is 0. The summed E-state index contributed by atoms with van der Waals surface area (Å²) in [7, 11) is 0. The van der Waals surface area contributed by atoms with Gasteiger partial charge in [-0.2, -0.15) is 0 Å². The second kappa shape index (κ2) is 22.0. The summed E-state index contributed by atoms with van der Waals surface area (Å²) in [5.74, 6) is 0.215. The third-order valence-corrected chi connectivity index (χ3v) is 4.46. The number of carbonyl (C=O) groups excluding carboxylic acids is 1. The monoisotopic (exact) mass is 364 g/mol. The lowest BCUT2D eigenvalue weighted by Crippen LogP contribution is -2.27. The van der Waals surface area contributed by atoms with Crippen molar-refractivity contribution in [3.63, 3.8) is 0 Å². The Hall–Kier alpha value is -1.09. The molecule has 0 saturated carbocycles. The average molecular weight is 365 g/mol. The van der Waals surface area contributed by atoms with Crippen LogP contribution in [-0.2, 0) is 4.79 Å². The van der Waals surface area contributed by atoms with Crippen LogP contribution in [0.25, 0.3) is 0 Å². The van der Waals surface area contributed by atoms with Gasteiger partial charge in [0.15, 0.2) is 0 Å². The van der Waals surface area contributed by atoms with E-state index < -0.39 is 0 Å². The van der Waals surface area contributed by atoms with Crippen molar-refractivity contribution in [3.05, 3.63) is 24.3 Å². The van der Waals surface area contributed by atoms with Crippen LogP contribution in [0.15, 0.2) is 24.3 Å². The number of rotatable bonds is 19. The zero-order chi connectivity index (χ0) is 19.1. The molecule has 0 aromatic rings. The zero-order valence-corrected chi connectivity index (χ0v) is 17.5. The number of hydrogen-bond donors (Lipinski definition) is 2. The highest BCUT2D eigenvalue weighted by Crippen LogP contribution is 2.08. The average Bonchev–Trinajstić information content (AvgIpc) is 2.64. The molecule has 0 fully saturated rings. The molecular formula is C23H44N2O. The fraction of sp³-hybridized carbons (Fsp3) is 0.783. The van der Waals surface area contributed by atoms with Gasteiger partial charge in [0.25, 0.3) is 0 Å². The van der Waals surface area contributed by atoms with Crippen molar-refractivity contribution in [2.45, 2.75) is 97.3 Å². The summed E-state index contributed by atoms with van der Waals surface area (Å²) in [6.45, 7) is 7.13. The summed E-state index contributed by atoms with van der Waals surface area (Å²) in [5, 5.41) is 6.26. The third-order valence-electron chi connectivity index (χ3n) is 4.46. The first-order valence-corrected chi connectivity index (χ1v) is 11.1. The molecule has 26 heavy (non-hydrogen) atoms. The lowest BCUT2D eigenvalue weighted by Gasteiger charge is -2.05. The van der Waals surface area contributed by atoms with E-state index in [9.17, 15) is 4.79 Å². The predicted octanol–water partition coefficient (Wildman–Crippen LogP) is 5.92. The SMILES string of the molecule is CCCCC/C=C\C/C=C\CCCCCCCC(=O)NCCCNCC. The van der Waals surface area contributed by atoms with E-state index in [4.69, 9.17) is 0 Å². The van der Waals surface area contributed by atoms with Crippen LogP contribution in [0.2, 0.25) is 0 Å². The molecule has 0 aromatic carbocycles. The topological polar surface area (TPSA) is 41.1 Å². The molecule has 1 amide bonds. The van der Waals surface area contributed by atoms with E-state index >= 15 is 0 Å². The van der Waals surface area contributed by atoms with E-state index in [2.05, 4.69) is 48.8 Å². The Morgan fingerprint density at radius 3 is 2.08 bits per heavy atom. The minimum Gasteiger partial charge on any atom is -0.356 e. The van der Waals surface area contributed by atoms with Gasteiger partial charge in [-0.25, -0.2) is 0 Å². The van der Waals surface area contributed by atoms with Gasteiger partial charge in [0.2, 0.25) is 5.91 Å². The van der Waals surface area contributed by atoms with Crippen molar-refractivity contribution < 1.29 is 4.79 Å². The van der Waals surface area contributed by atoms with Crippen LogP contribution in [0.4, 0.5) is 0 Å². The Labute approximate surface area is 163 Å². The summed E-state index contributed by atoms with van der Waals surface area (Å²) in [4.78, 5) is 11.7. The Kier molecular flexibility index (Phi) is 21.0. The van der Waals surface area contributed by atoms with Gasteiger partial charge in [0.1, 0.15) is 0 Å². The second-order valence-electron chi connectivity index (χ2n) is 7.04. The Balaban J connectivity index is 3.25. The summed E-state index contributed by atoms with van der Waals surface area (Å²) in [5.41, 5.74) is 0. The van der Waals surface area contributed by atoms with Gasteiger partial charge in [0.05, 0.1) is 0 Å². The van der Waals surface area contributed by atoms with Crippen molar-refractivity contribution in [3.8, 4) is 0 Å². The van der Waals surface area contributed by atoms with Gasteiger partial charge in [-0.1, -0.05) is 70.3 Å². The normalized spacial score (nSPS) is 11.6. The highest BCUT2D eigenvalue weighted by Gasteiger charge is 1.99. The van der Waals surface area contributed by atoms with E-state index in [1.165, 1.54) is 57.8 Å². The minimum absolute atomic E-state index is 0.215. The van der Waals surface area contributed by atoms with Crippen LogP contribution < -0.4 is 10.6 Å². The Bertz CT molecular complexity index is 350.